The summed E-state index contributed by atoms with van der Waals surface area (Å²) < 4.78 is 0. The summed E-state index contributed by atoms with van der Waals surface area (Å²) in [6, 6.07) is 0. The van der Waals surface area contributed by atoms with Crippen LogP contribution in [0.2, 0.25) is 0 Å². The monoisotopic (exact) mass is 147 g/mol. The number of hydrogen-bond acceptors (Lipinski definition) is 2. The van der Waals surface area contributed by atoms with E-state index in [9.17, 15) is 9.59 Å². The summed E-state index contributed by atoms with van der Waals surface area (Å²) in [4.78, 5) is 19.8. The van der Waals surface area contributed by atoms with Gasteiger partial charge in [-0.25, -0.2) is 0 Å². The van der Waals surface area contributed by atoms with Crippen molar-refractivity contribution in [2.24, 2.45) is 0 Å². The molecule has 4 nitrogen and oxygen atoms in total. The number of rotatable bonds is 5. The van der Waals surface area contributed by atoms with Gasteiger partial charge in [0, 0.05) is 12.8 Å². The molecule has 0 aromatic rings. The van der Waals surface area contributed by atoms with Gasteiger partial charge in [-0.3, -0.25) is 9.59 Å². The average molecular weight is 147 g/mol. The third kappa shape index (κ3) is 6.94. The van der Waals surface area contributed by atoms with E-state index in [1.54, 1.807) is 0 Å². The summed E-state index contributed by atoms with van der Waals surface area (Å²) in [6.45, 7) is 0. The van der Waals surface area contributed by atoms with Gasteiger partial charge < -0.3 is 10.2 Å². The number of carboxylic acids is 2. The number of carboxylic acid groups (broad SMARTS) is 2. The normalized spacial score (nSPS) is 9.20. The highest BCUT2D eigenvalue weighted by Gasteiger charge is 1.99. The first-order valence-corrected chi connectivity index (χ1v) is 3.06. The van der Waals surface area contributed by atoms with Gasteiger partial charge in [-0.2, -0.15) is 0 Å². The van der Waals surface area contributed by atoms with Crippen molar-refractivity contribution in [1.29, 1.82) is 0 Å². The highest BCUT2D eigenvalue weighted by atomic mass is 16.4. The molecule has 0 aromatic heterocycles. The van der Waals surface area contributed by atoms with Crippen molar-refractivity contribution in [3.05, 3.63) is 0 Å². The quantitative estimate of drug-likeness (QED) is 0.565. The van der Waals surface area contributed by atoms with Crippen molar-refractivity contribution in [1.82, 2.24) is 0 Å². The Morgan fingerprint density at radius 3 is 1.50 bits per heavy atom. The molecule has 2 N–H and O–H groups in total. The Bertz CT molecular complexity index is 119. The van der Waals surface area contributed by atoms with E-state index in [1.165, 1.54) is 0 Å². The van der Waals surface area contributed by atoms with Crippen LogP contribution in [0.15, 0.2) is 0 Å². The molecule has 0 saturated heterocycles. The lowest BCUT2D eigenvalue weighted by molar-refractivity contribution is -0.139. The summed E-state index contributed by atoms with van der Waals surface area (Å²) in [5.74, 6) is -1.74. The minimum Gasteiger partial charge on any atom is -0.481 e. The largest absolute Gasteiger partial charge is 1.00 e. The molecule has 0 amide bonds. The predicted molar refractivity (Wildman–Crippen MR) is 34.9 cm³/mol. The lowest BCUT2D eigenvalue weighted by Gasteiger charge is -1.92. The van der Waals surface area contributed by atoms with E-state index in [0.29, 0.717) is 12.8 Å². The molecule has 0 bridgehead atoms. The molecule has 0 unspecified atom stereocenters. The summed E-state index contributed by atoms with van der Waals surface area (Å²) in [7, 11) is 0. The zero-order chi connectivity index (χ0) is 7.98. The van der Waals surface area contributed by atoms with Crippen LogP contribution in [0.3, 0.4) is 0 Å². The molecule has 0 rings (SSSR count). The molecule has 0 spiro atoms. The third-order valence-electron chi connectivity index (χ3n) is 1.03. The van der Waals surface area contributed by atoms with Gasteiger partial charge in [0.2, 0.25) is 0 Å². The fourth-order valence-corrected chi connectivity index (χ4v) is 0.552. The predicted octanol–water partition coefficient (Wildman–Crippen LogP) is 0.829. The number of aliphatic carboxylic acids is 2. The molecule has 4 heteroatoms. The van der Waals surface area contributed by atoms with E-state index < -0.39 is 11.9 Å². The number of unbranched alkanes of at least 4 members (excludes halogenated alkanes) is 1. The molecule has 0 heterocycles. The van der Waals surface area contributed by atoms with Crippen LogP contribution in [0.25, 0.3) is 0 Å². The van der Waals surface area contributed by atoms with Crippen molar-refractivity contribution in [3.8, 4) is 0 Å². The van der Waals surface area contributed by atoms with Gasteiger partial charge in [-0.1, -0.05) is 0 Å². The Hall–Kier alpha value is -1.06. The van der Waals surface area contributed by atoms with Gasteiger partial charge in [-0.05, 0) is 12.8 Å². The second-order valence-electron chi connectivity index (χ2n) is 1.99. The maximum Gasteiger partial charge on any atom is 1.00 e. The molecular formula is C6H11O4+. The molecule has 0 atom stereocenters. The Labute approximate surface area is 60.0 Å². The Kier molecular flexibility index (Phi) is 4.28. The van der Waals surface area contributed by atoms with Crippen LogP contribution in [-0.4, -0.2) is 22.2 Å². The second kappa shape index (κ2) is 4.78. The molecule has 0 aliphatic rings. The standard InChI is InChI=1S/C6H10O4/c7-5(8)3-1-2-4-6(9)10/h1-4H2,(H,7,8)(H,9,10)/p+1. The highest BCUT2D eigenvalue weighted by molar-refractivity contribution is 5.67. The molecule has 0 aromatic carbocycles. The van der Waals surface area contributed by atoms with Gasteiger partial charge in [0.05, 0.1) is 0 Å². The summed E-state index contributed by atoms with van der Waals surface area (Å²) in [5.41, 5.74) is 0. The van der Waals surface area contributed by atoms with Crippen molar-refractivity contribution in [2.75, 3.05) is 0 Å². The Morgan fingerprint density at radius 1 is 1.00 bits per heavy atom. The molecule has 0 aliphatic carbocycles. The van der Waals surface area contributed by atoms with E-state index in [1.807, 2.05) is 0 Å². The summed E-state index contributed by atoms with van der Waals surface area (Å²) in [6.07, 6.45) is 1.02. The molecule has 10 heavy (non-hydrogen) atoms. The van der Waals surface area contributed by atoms with Gasteiger partial charge in [0.15, 0.2) is 0 Å². The SMILES string of the molecule is O=C(O)CCCCC(=O)O.[H+]. The van der Waals surface area contributed by atoms with E-state index in [0.717, 1.165) is 0 Å². The number of hydrogen-bond donors (Lipinski definition) is 2. The van der Waals surface area contributed by atoms with Crippen LogP contribution in [0.4, 0.5) is 0 Å². The fourth-order valence-electron chi connectivity index (χ4n) is 0.552. The minimum atomic E-state index is -0.870. The molecule has 0 aliphatic heterocycles. The van der Waals surface area contributed by atoms with Crippen LogP contribution in [0.1, 0.15) is 27.1 Å². The zero-order valence-corrected chi connectivity index (χ0v) is 5.54. The highest BCUT2D eigenvalue weighted by Crippen LogP contribution is 1.98. The van der Waals surface area contributed by atoms with Gasteiger partial charge in [-0.15, -0.1) is 0 Å². The molecule has 0 fully saturated rings. The van der Waals surface area contributed by atoms with Crippen LogP contribution in [0.5, 0.6) is 0 Å². The Morgan fingerprint density at radius 2 is 1.30 bits per heavy atom. The van der Waals surface area contributed by atoms with Crippen LogP contribution in [-0.2, 0) is 9.59 Å². The fraction of sp³-hybridized carbons (Fsp3) is 0.667. The van der Waals surface area contributed by atoms with E-state index in [-0.39, 0.29) is 14.3 Å². The van der Waals surface area contributed by atoms with E-state index in [4.69, 9.17) is 10.2 Å². The maximum absolute atomic E-state index is 9.90. The van der Waals surface area contributed by atoms with Gasteiger partial charge >= 0.3 is 13.4 Å². The minimum absolute atomic E-state index is 0. The van der Waals surface area contributed by atoms with Crippen LogP contribution >= 0.6 is 0 Å². The third-order valence-corrected chi connectivity index (χ3v) is 1.03. The second-order valence-corrected chi connectivity index (χ2v) is 1.99. The summed E-state index contributed by atoms with van der Waals surface area (Å²) >= 11 is 0. The first-order chi connectivity index (χ1) is 4.63. The van der Waals surface area contributed by atoms with Crippen molar-refractivity contribution in [3.63, 3.8) is 0 Å². The molecular weight excluding hydrogens is 136 g/mol. The topological polar surface area (TPSA) is 74.6 Å². The van der Waals surface area contributed by atoms with Crippen molar-refractivity contribution >= 4 is 11.9 Å². The van der Waals surface area contributed by atoms with E-state index in [2.05, 4.69) is 0 Å². The molecule has 0 radical (unpaired) electrons. The average Bonchev–Trinajstić information content (AvgIpc) is 1.79. The first kappa shape index (κ1) is 8.94. The first-order valence-electron chi connectivity index (χ1n) is 3.06. The molecule has 0 saturated carbocycles. The van der Waals surface area contributed by atoms with Crippen molar-refractivity contribution < 1.29 is 21.2 Å². The van der Waals surface area contributed by atoms with Crippen LogP contribution < -0.4 is 0 Å². The maximum atomic E-state index is 9.90. The smallest absolute Gasteiger partial charge is 0.481 e. The van der Waals surface area contributed by atoms with Gasteiger partial charge in [0.1, 0.15) is 0 Å². The van der Waals surface area contributed by atoms with Gasteiger partial charge in [0.25, 0.3) is 0 Å². The number of carbonyl (C=O) groups is 2. The molecule has 58 valence electrons. The lowest BCUT2D eigenvalue weighted by atomic mass is 10.2. The lowest BCUT2D eigenvalue weighted by Crippen LogP contribution is -1.97. The van der Waals surface area contributed by atoms with Crippen LogP contribution in [0, 0.1) is 0 Å². The van der Waals surface area contributed by atoms with Crippen molar-refractivity contribution in [2.45, 2.75) is 25.7 Å². The zero-order valence-electron chi connectivity index (χ0n) is 6.54. The van der Waals surface area contributed by atoms with E-state index >= 15 is 0 Å². The Balaban J connectivity index is 0. The summed E-state index contributed by atoms with van der Waals surface area (Å²) in [5, 5.41) is 16.3.